The molecule has 2 N–H and O–H groups in total. The topological polar surface area (TPSA) is 107 Å². The van der Waals surface area contributed by atoms with Gasteiger partial charge in [-0.05, 0) is 25.0 Å². The van der Waals surface area contributed by atoms with Crippen LogP contribution in [-0.2, 0) is 11.2 Å². The van der Waals surface area contributed by atoms with E-state index in [1.54, 1.807) is 12.3 Å². The van der Waals surface area contributed by atoms with E-state index in [9.17, 15) is 9.59 Å². The molecular weight excluding hydrogens is 358 g/mol. The van der Waals surface area contributed by atoms with E-state index < -0.39 is 0 Å². The number of piperazine rings is 1. The Bertz CT molecular complexity index is 857. The first-order valence-electron chi connectivity index (χ1n) is 9.82. The number of piperidine rings is 1. The number of pyridine rings is 1. The number of aromatic nitrogens is 4. The van der Waals surface area contributed by atoms with Crippen molar-refractivity contribution in [3.05, 3.63) is 35.7 Å². The number of H-pyrrole nitrogens is 1. The maximum Gasteiger partial charge on any atom is 0.272 e. The van der Waals surface area contributed by atoms with Crippen LogP contribution in [-0.4, -0.2) is 69.6 Å². The van der Waals surface area contributed by atoms with E-state index in [0.717, 1.165) is 43.1 Å². The van der Waals surface area contributed by atoms with Gasteiger partial charge in [0.05, 0.1) is 6.54 Å². The molecule has 2 saturated heterocycles. The molecule has 0 saturated carbocycles. The lowest BCUT2D eigenvalue weighted by molar-refractivity contribution is -0.120. The molecule has 2 amide bonds. The second-order valence-corrected chi connectivity index (χ2v) is 7.23. The Kier molecular flexibility index (Phi) is 5.23. The van der Waals surface area contributed by atoms with Crippen molar-refractivity contribution in [2.75, 3.05) is 37.6 Å². The van der Waals surface area contributed by atoms with Gasteiger partial charge in [-0.1, -0.05) is 6.92 Å². The predicted molar refractivity (Wildman–Crippen MR) is 103 cm³/mol. The van der Waals surface area contributed by atoms with Crippen molar-refractivity contribution < 1.29 is 9.59 Å². The highest BCUT2D eigenvalue weighted by molar-refractivity contribution is 5.93. The second-order valence-electron chi connectivity index (χ2n) is 7.23. The van der Waals surface area contributed by atoms with Crippen LogP contribution in [0.3, 0.4) is 0 Å². The Morgan fingerprint density at radius 3 is 2.82 bits per heavy atom. The third-order valence-electron chi connectivity index (χ3n) is 5.40. The highest BCUT2D eigenvalue weighted by Gasteiger charge is 2.28. The molecule has 4 rings (SSSR count). The van der Waals surface area contributed by atoms with E-state index in [-0.39, 0.29) is 17.7 Å². The standard InChI is InChI=1S/C19H25N7O2/c1-2-16-22-18(24-23-16)13-4-8-25(9-5-13)19(28)15-11-14(3-6-20-15)26-10-7-21-17(27)12-26/h3,6,11,13H,2,4-5,7-10,12H2,1H3,(H,21,27)(H,22,23,24). The van der Waals surface area contributed by atoms with Crippen LogP contribution in [0.15, 0.2) is 18.3 Å². The summed E-state index contributed by atoms with van der Waals surface area (Å²) >= 11 is 0. The number of carbonyl (C=O) groups is 2. The van der Waals surface area contributed by atoms with E-state index in [1.807, 2.05) is 22.8 Å². The van der Waals surface area contributed by atoms with Gasteiger partial charge in [-0.2, -0.15) is 5.10 Å². The minimum Gasteiger partial charge on any atom is -0.360 e. The summed E-state index contributed by atoms with van der Waals surface area (Å²) in [4.78, 5) is 37.2. The van der Waals surface area contributed by atoms with Crippen molar-refractivity contribution in [1.29, 1.82) is 0 Å². The molecule has 9 nitrogen and oxygen atoms in total. The summed E-state index contributed by atoms with van der Waals surface area (Å²) in [5.74, 6) is 1.97. The molecule has 0 aromatic carbocycles. The van der Waals surface area contributed by atoms with Crippen LogP contribution in [0.1, 0.15) is 47.8 Å². The van der Waals surface area contributed by atoms with Crippen molar-refractivity contribution in [2.24, 2.45) is 0 Å². The molecule has 2 aliphatic rings. The molecule has 28 heavy (non-hydrogen) atoms. The van der Waals surface area contributed by atoms with E-state index >= 15 is 0 Å². The molecule has 0 spiro atoms. The molecule has 2 aliphatic heterocycles. The molecule has 9 heteroatoms. The van der Waals surface area contributed by atoms with Crippen LogP contribution in [0, 0.1) is 0 Å². The summed E-state index contributed by atoms with van der Waals surface area (Å²) in [7, 11) is 0. The monoisotopic (exact) mass is 383 g/mol. The van der Waals surface area contributed by atoms with Crippen LogP contribution in [0.25, 0.3) is 0 Å². The van der Waals surface area contributed by atoms with Gasteiger partial charge in [-0.15, -0.1) is 0 Å². The van der Waals surface area contributed by atoms with Crippen molar-refractivity contribution >= 4 is 17.5 Å². The van der Waals surface area contributed by atoms with Crippen LogP contribution >= 0.6 is 0 Å². The van der Waals surface area contributed by atoms with Crippen LogP contribution < -0.4 is 10.2 Å². The third-order valence-corrected chi connectivity index (χ3v) is 5.40. The Morgan fingerprint density at radius 1 is 1.29 bits per heavy atom. The van der Waals surface area contributed by atoms with E-state index in [0.29, 0.717) is 31.9 Å². The number of nitrogens with zero attached hydrogens (tertiary/aromatic N) is 5. The number of amides is 2. The Morgan fingerprint density at radius 2 is 2.11 bits per heavy atom. The first-order valence-corrected chi connectivity index (χ1v) is 9.82. The van der Waals surface area contributed by atoms with Crippen molar-refractivity contribution in [3.63, 3.8) is 0 Å². The van der Waals surface area contributed by atoms with Gasteiger partial charge in [0, 0.05) is 50.4 Å². The molecule has 0 atom stereocenters. The zero-order chi connectivity index (χ0) is 19.5. The summed E-state index contributed by atoms with van der Waals surface area (Å²) in [6, 6.07) is 3.63. The number of likely N-dealkylation sites (tertiary alicyclic amines) is 1. The SMILES string of the molecule is CCc1nc(C2CCN(C(=O)c3cc(N4CCNC(=O)C4)ccn3)CC2)n[nH]1. The highest BCUT2D eigenvalue weighted by atomic mass is 16.2. The van der Waals surface area contributed by atoms with Crippen molar-refractivity contribution in [3.8, 4) is 0 Å². The minimum atomic E-state index is -0.0639. The summed E-state index contributed by atoms with van der Waals surface area (Å²) < 4.78 is 0. The Hall–Kier alpha value is -2.97. The summed E-state index contributed by atoms with van der Waals surface area (Å²) in [6.45, 7) is 5.02. The van der Waals surface area contributed by atoms with Crippen molar-refractivity contribution in [2.45, 2.75) is 32.1 Å². The molecule has 0 unspecified atom stereocenters. The fourth-order valence-corrected chi connectivity index (χ4v) is 3.75. The molecular formula is C19H25N7O2. The second kappa shape index (κ2) is 7.95. The number of rotatable bonds is 4. The van der Waals surface area contributed by atoms with Gasteiger partial charge in [0.15, 0.2) is 5.82 Å². The Balaban J connectivity index is 1.40. The molecule has 0 bridgehead atoms. The molecule has 2 fully saturated rings. The molecule has 2 aromatic rings. The van der Waals surface area contributed by atoms with Gasteiger partial charge in [0.1, 0.15) is 11.5 Å². The fraction of sp³-hybridized carbons (Fsp3) is 0.526. The number of anilines is 1. The van der Waals surface area contributed by atoms with Gasteiger partial charge in [-0.25, -0.2) is 4.98 Å². The maximum atomic E-state index is 12.9. The van der Waals surface area contributed by atoms with Gasteiger partial charge in [-0.3, -0.25) is 19.7 Å². The molecule has 4 heterocycles. The lowest BCUT2D eigenvalue weighted by atomic mass is 9.96. The number of nitrogens with one attached hydrogen (secondary N) is 2. The van der Waals surface area contributed by atoms with Gasteiger partial charge < -0.3 is 15.1 Å². The first-order chi connectivity index (χ1) is 13.6. The van der Waals surface area contributed by atoms with Gasteiger partial charge >= 0.3 is 0 Å². The van der Waals surface area contributed by atoms with Crippen LogP contribution in [0.2, 0.25) is 0 Å². The quantitative estimate of drug-likeness (QED) is 0.806. The number of carbonyl (C=O) groups excluding carboxylic acids is 2. The normalized spacial score (nSPS) is 18.2. The van der Waals surface area contributed by atoms with E-state index in [2.05, 4.69) is 25.5 Å². The van der Waals surface area contributed by atoms with Crippen LogP contribution in [0.4, 0.5) is 5.69 Å². The van der Waals surface area contributed by atoms with Gasteiger partial charge in [0.25, 0.3) is 5.91 Å². The number of hydrogen-bond acceptors (Lipinski definition) is 6. The van der Waals surface area contributed by atoms with Crippen molar-refractivity contribution in [1.82, 2.24) is 30.4 Å². The van der Waals surface area contributed by atoms with E-state index in [1.165, 1.54) is 0 Å². The average molecular weight is 383 g/mol. The fourth-order valence-electron chi connectivity index (χ4n) is 3.75. The number of hydrogen-bond donors (Lipinski definition) is 2. The maximum absolute atomic E-state index is 12.9. The summed E-state index contributed by atoms with van der Waals surface area (Å²) in [5, 5.41) is 10.1. The van der Waals surface area contributed by atoms with Crippen LogP contribution in [0.5, 0.6) is 0 Å². The molecule has 2 aromatic heterocycles. The summed E-state index contributed by atoms with van der Waals surface area (Å²) in [6.07, 6.45) is 4.17. The first kappa shape index (κ1) is 18.4. The minimum absolute atomic E-state index is 0.00350. The predicted octanol–water partition coefficient (Wildman–Crippen LogP) is 0.718. The largest absolute Gasteiger partial charge is 0.360 e. The van der Waals surface area contributed by atoms with E-state index in [4.69, 9.17) is 0 Å². The number of aromatic amines is 1. The number of aryl methyl sites for hydroxylation is 1. The summed E-state index contributed by atoms with van der Waals surface area (Å²) in [5.41, 5.74) is 1.28. The third kappa shape index (κ3) is 3.83. The Labute approximate surface area is 163 Å². The zero-order valence-electron chi connectivity index (χ0n) is 16.0. The average Bonchev–Trinajstić information content (AvgIpc) is 3.23. The lowest BCUT2D eigenvalue weighted by Gasteiger charge is -2.31. The highest BCUT2D eigenvalue weighted by Crippen LogP contribution is 2.26. The smallest absolute Gasteiger partial charge is 0.272 e. The molecule has 148 valence electrons. The lowest BCUT2D eigenvalue weighted by Crippen LogP contribution is -2.47. The zero-order valence-corrected chi connectivity index (χ0v) is 16.0. The molecule has 0 radical (unpaired) electrons. The van der Waals surface area contributed by atoms with Gasteiger partial charge in [0.2, 0.25) is 5.91 Å². The molecule has 0 aliphatic carbocycles.